The lowest BCUT2D eigenvalue weighted by Crippen LogP contribution is -2.45. The molecule has 6 nitrogen and oxygen atoms in total. The van der Waals surface area contributed by atoms with E-state index in [2.05, 4.69) is 15.3 Å². The van der Waals surface area contributed by atoms with E-state index in [9.17, 15) is 9.18 Å². The third kappa shape index (κ3) is 5.11. The highest BCUT2D eigenvalue weighted by Gasteiger charge is 2.30. The molecule has 0 fully saturated rings. The first-order chi connectivity index (χ1) is 14.4. The summed E-state index contributed by atoms with van der Waals surface area (Å²) in [5.74, 6) is 0.199. The zero-order valence-electron chi connectivity index (χ0n) is 17.3. The number of hydrogen-bond acceptors (Lipinski definition) is 4. The number of benzene rings is 2. The van der Waals surface area contributed by atoms with Gasteiger partial charge in [0.15, 0.2) is 5.84 Å². The smallest absolute Gasteiger partial charge is 0.251 e. The molecule has 0 aliphatic carbocycles. The number of amides is 1. The second kappa shape index (κ2) is 9.35. The van der Waals surface area contributed by atoms with E-state index < -0.39 is 6.04 Å². The van der Waals surface area contributed by atoms with Gasteiger partial charge in [-0.05, 0) is 57.2 Å². The van der Waals surface area contributed by atoms with Crippen molar-refractivity contribution < 1.29 is 13.9 Å². The standard InChI is InChI=1S/C23H25FN4O2/c1-4-30-23-20(27-22(29)16-7-5-6-14(2)12-16)13-19(15(3)25)21(28-23)26-18-10-8-17(24)9-11-18/h5-12,20H,4,13,25H2,1-3H3,(H,27,29). The van der Waals surface area contributed by atoms with Gasteiger partial charge in [-0.2, -0.15) is 4.99 Å². The molecule has 7 heteroatoms. The molecular formula is C23H25FN4O2. The summed E-state index contributed by atoms with van der Waals surface area (Å²) in [6.45, 7) is 5.93. The SMILES string of the molecule is CCOC1=NC(=Nc2ccc(F)cc2)C(=C(C)N)CC1NC(=O)c1cccc(C)c1. The summed E-state index contributed by atoms with van der Waals surface area (Å²) in [5.41, 5.74) is 9.45. The first-order valence-electron chi connectivity index (χ1n) is 9.76. The Bertz CT molecular complexity index is 1020. The number of halogens is 1. The average Bonchev–Trinajstić information content (AvgIpc) is 2.71. The second-order valence-corrected chi connectivity index (χ2v) is 7.06. The zero-order chi connectivity index (χ0) is 21.7. The van der Waals surface area contributed by atoms with Gasteiger partial charge >= 0.3 is 0 Å². The lowest BCUT2D eigenvalue weighted by atomic mass is 9.99. The first-order valence-corrected chi connectivity index (χ1v) is 9.76. The van der Waals surface area contributed by atoms with Gasteiger partial charge in [-0.3, -0.25) is 4.79 Å². The van der Waals surface area contributed by atoms with Gasteiger partial charge in [0, 0.05) is 23.3 Å². The third-order valence-electron chi connectivity index (χ3n) is 4.61. The lowest BCUT2D eigenvalue weighted by Gasteiger charge is -2.27. The number of ether oxygens (including phenoxy) is 1. The molecule has 0 aromatic heterocycles. The van der Waals surface area contributed by atoms with E-state index in [-0.39, 0.29) is 11.7 Å². The number of rotatable bonds is 4. The molecular weight excluding hydrogens is 383 g/mol. The van der Waals surface area contributed by atoms with Crippen molar-refractivity contribution in [2.75, 3.05) is 6.61 Å². The summed E-state index contributed by atoms with van der Waals surface area (Å²) in [5, 5.41) is 2.98. The Morgan fingerprint density at radius 1 is 1.30 bits per heavy atom. The van der Waals surface area contributed by atoms with Crippen LogP contribution in [0, 0.1) is 12.7 Å². The number of amidine groups is 1. The Kier molecular flexibility index (Phi) is 6.61. The van der Waals surface area contributed by atoms with Crippen molar-refractivity contribution in [3.8, 4) is 0 Å². The summed E-state index contributed by atoms with van der Waals surface area (Å²) >= 11 is 0. The van der Waals surface area contributed by atoms with E-state index in [1.54, 1.807) is 25.1 Å². The number of carbonyl (C=O) groups excluding carboxylic acids is 1. The monoisotopic (exact) mass is 408 g/mol. The Morgan fingerprint density at radius 3 is 2.67 bits per heavy atom. The normalized spacial score (nSPS) is 19.3. The molecule has 0 bridgehead atoms. The van der Waals surface area contributed by atoms with Crippen LogP contribution in [0.1, 0.15) is 36.2 Å². The fraction of sp³-hybridized carbons (Fsp3) is 0.261. The number of aliphatic imine (C=N–C) groups is 2. The summed E-state index contributed by atoms with van der Waals surface area (Å²) in [7, 11) is 0. The van der Waals surface area contributed by atoms with Crippen LogP contribution in [0.3, 0.4) is 0 Å². The lowest BCUT2D eigenvalue weighted by molar-refractivity contribution is 0.0941. The Labute approximate surface area is 175 Å². The van der Waals surface area contributed by atoms with Crippen LogP contribution in [0.4, 0.5) is 10.1 Å². The van der Waals surface area contributed by atoms with E-state index in [4.69, 9.17) is 10.5 Å². The number of hydrogen-bond donors (Lipinski definition) is 2. The van der Waals surface area contributed by atoms with Gasteiger partial charge in [-0.25, -0.2) is 9.38 Å². The molecule has 0 spiro atoms. The summed E-state index contributed by atoms with van der Waals surface area (Å²) < 4.78 is 18.9. The van der Waals surface area contributed by atoms with Crippen LogP contribution in [0.25, 0.3) is 0 Å². The number of allylic oxidation sites excluding steroid dienone is 1. The van der Waals surface area contributed by atoms with Crippen LogP contribution in [0.2, 0.25) is 0 Å². The molecule has 1 aliphatic heterocycles. The molecule has 1 atom stereocenters. The van der Waals surface area contributed by atoms with E-state index >= 15 is 0 Å². The van der Waals surface area contributed by atoms with Crippen LogP contribution in [0.15, 0.2) is 69.8 Å². The number of nitrogens with zero attached hydrogens (tertiary/aromatic N) is 2. The molecule has 1 aliphatic rings. The number of carbonyl (C=O) groups is 1. The van der Waals surface area contributed by atoms with Gasteiger partial charge in [-0.1, -0.05) is 17.7 Å². The topological polar surface area (TPSA) is 89.1 Å². The van der Waals surface area contributed by atoms with Gasteiger partial charge in [0.2, 0.25) is 5.90 Å². The van der Waals surface area contributed by atoms with Crippen LogP contribution in [-0.2, 0) is 4.74 Å². The number of nitrogens with one attached hydrogen (secondary N) is 1. The van der Waals surface area contributed by atoms with E-state index in [0.29, 0.717) is 47.3 Å². The van der Waals surface area contributed by atoms with E-state index in [1.807, 2.05) is 32.0 Å². The minimum atomic E-state index is -0.473. The molecule has 2 aromatic carbocycles. The van der Waals surface area contributed by atoms with Crippen molar-refractivity contribution in [1.82, 2.24) is 5.32 Å². The molecule has 1 unspecified atom stereocenters. The second-order valence-electron chi connectivity index (χ2n) is 7.06. The number of nitrogens with two attached hydrogens (primary N) is 1. The summed E-state index contributed by atoms with van der Waals surface area (Å²) in [6.07, 6.45) is 0.388. The van der Waals surface area contributed by atoms with Crippen LogP contribution < -0.4 is 11.1 Å². The first kappa shape index (κ1) is 21.2. The van der Waals surface area contributed by atoms with Crippen molar-refractivity contribution in [3.05, 3.63) is 76.7 Å². The molecule has 1 amide bonds. The zero-order valence-corrected chi connectivity index (χ0v) is 17.3. The molecule has 0 saturated carbocycles. The molecule has 2 aromatic rings. The molecule has 3 rings (SSSR count). The third-order valence-corrected chi connectivity index (χ3v) is 4.61. The minimum Gasteiger partial charge on any atom is -0.479 e. The highest BCUT2D eigenvalue weighted by Crippen LogP contribution is 2.23. The van der Waals surface area contributed by atoms with Crippen molar-refractivity contribution in [2.24, 2.45) is 15.7 Å². The summed E-state index contributed by atoms with van der Waals surface area (Å²) in [4.78, 5) is 21.8. The Hall–Kier alpha value is -3.48. The molecule has 0 radical (unpaired) electrons. The van der Waals surface area contributed by atoms with Gasteiger partial charge in [-0.15, -0.1) is 0 Å². The van der Waals surface area contributed by atoms with Crippen LogP contribution in [0.5, 0.6) is 0 Å². The molecule has 30 heavy (non-hydrogen) atoms. The highest BCUT2D eigenvalue weighted by molar-refractivity contribution is 6.11. The van der Waals surface area contributed by atoms with Gasteiger partial charge < -0.3 is 15.8 Å². The van der Waals surface area contributed by atoms with Crippen molar-refractivity contribution >= 4 is 23.3 Å². The van der Waals surface area contributed by atoms with Crippen molar-refractivity contribution in [2.45, 2.75) is 33.2 Å². The van der Waals surface area contributed by atoms with Gasteiger partial charge in [0.05, 0.1) is 12.3 Å². The highest BCUT2D eigenvalue weighted by atomic mass is 19.1. The quantitative estimate of drug-likeness (QED) is 0.800. The fourth-order valence-corrected chi connectivity index (χ4v) is 3.12. The predicted octanol–water partition coefficient (Wildman–Crippen LogP) is 4.03. The minimum absolute atomic E-state index is 0.218. The largest absolute Gasteiger partial charge is 0.479 e. The van der Waals surface area contributed by atoms with E-state index in [0.717, 1.165) is 5.56 Å². The average molecular weight is 408 g/mol. The number of aryl methyl sites for hydroxylation is 1. The Morgan fingerprint density at radius 2 is 2.03 bits per heavy atom. The van der Waals surface area contributed by atoms with Gasteiger partial charge in [0.25, 0.3) is 5.91 Å². The predicted molar refractivity (Wildman–Crippen MR) is 116 cm³/mol. The van der Waals surface area contributed by atoms with Crippen LogP contribution >= 0.6 is 0 Å². The molecule has 1 heterocycles. The summed E-state index contributed by atoms with van der Waals surface area (Å²) in [6, 6.07) is 12.7. The maximum absolute atomic E-state index is 13.2. The fourth-order valence-electron chi connectivity index (χ4n) is 3.12. The van der Waals surface area contributed by atoms with Crippen LogP contribution in [-0.4, -0.2) is 30.3 Å². The van der Waals surface area contributed by atoms with Gasteiger partial charge in [0.1, 0.15) is 11.9 Å². The van der Waals surface area contributed by atoms with Crippen molar-refractivity contribution in [1.29, 1.82) is 0 Å². The van der Waals surface area contributed by atoms with E-state index in [1.165, 1.54) is 12.1 Å². The maximum atomic E-state index is 13.2. The van der Waals surface area contributed by atoms with Crippen molar-refractivity contribution in [3.63, 3.8) is 0 Å². The molecule has 156 valence electrons. The maximum Gasteiger partial charge on any atom is 0.251 e. The molecule has 0 saturated heterocycles. The Balaban J connectivity index is 1.94. The molecule has 3 N–H and O–H groups in total.